The quantitative estimate of drug-likeness (QED) is 0.506. The normalized spacial score (nSPS) is 11.2. The molecule has 0 atom stereocenters. The maximum atomic E-state index is 11.9. The van der Waals surface area contributed by atoms with Gasteiger partial charge in [-0.25, -0.2) is 4.98 Å². The fraction of sp³-hybridized carbons (Fsp3) is 0.500. The molecule has 0 aliphatic carbocycles. The van der Waals surface area contributed by atoms with Crippen molar-refractivity contribution < 1.29 is 20.1 Å². The summed E-state index contributed by atoms with van der Waals surface area (Å²) in [6, 6.07) is 3.25. The molecule has 4 N–H and O–H groups in total. The third kappa shape index (κ3) is 3.63. The number of hydrogen-bond acceptors (Lipinski definition) is 6. The van der Waals surface area contributed by atoms with E-state index in [1.807, 2.05) is 14.1 Å². The van der Waals surface area contributed by atoms with Crippen LogP contribution in [0.5, 0.6) is 0 Å². The van der Waals surface area contributed by atoms with E-state index in [1.54, 1.807) is 17.0 Å². The lowest BCUT2D eigenvalue weighted by atomic mass is 10.0. The van der Waals surface area contributed by atoms with Crippen LogP contribution in [-0.4, -0.2) is 65.7 Å². The molecular weight excluding hydrogens is 250 g/mol. The Morgan fingerprint density at radius 1 is 1.26 bits per heavy atom. The smallest absolute Gasteiger partial charge is 0.253 e. The molecule has 0 radical (unpaired) electrons. The fourth-order valence-corrected chi connectivity index (χ4v) is 1.37. The van der Waals surface area contributed by atoms with Crippen LogP contribution in [0.2, 0.25) is 0 Å². The molecule has 1 amide bonds. The molecule has 0 spiro atoms. The Labute approximate surface area is 111 Å². The van der Waals surface area contributed by atoms with Gasteiger partial charge in [0, 0.05) is 20.3 Å². The first-order valence-electron chi connectivity index (χ1n) is 5.76. The van der Waals surface area contributed by atoms with Crippen LogP contribution in [0.3, 0.4) is 0 Å². The van der Waals surface area contributed by atoms with Gasteiger partial charge >= 0.3 is 0 Å². The van der Waals surface area contributed by atoms with Crippen molar-refractivity contribution in [2.24, 2.45) is 0 Å². The Kier molecular flexibility index (Phi) is 5.22. The van der Waals surface area contributed by atoms with Crippen molar-refractivity contribution in [1.29, 1.82) is 0 Å². The summed E-state index contributed by atoms with van der Waals surface area (Å²) in [7, 11) is 3.66. The zero-order valence-electron chi connectivity index (χ0n) is 11.0. The summed E-state index contributed by atoms with van der Waals surface area (Å²) in [4.78, 5) is 17.8. The monoisotopic (exact) mass is 269 g/mol. The zero-order chi connectivity index (χ0) is 14.5. The molecule has 7 nitrogen and oxygen atoms in total. The standard InChI is InChI=1S/C12H19N3O4/c1-15(2)10-4-3-9(5-13-10)11(19)14-12(6-16,7-17)8-18/h3-5,16-18H,6-8H2,1-2H3,(H,14,19). The van der Waals surface area contributed by atoms with E-state index in [0.29, 0.717) is 5.82 Å². The van der Waals surface area contributed by atoms with Gasteiger partial charge < -0.3 is 25.5 Å². The molecule has 0 aliphatic heterocycles. The van der Waals surface area contributed by atoms with E-state index in [-0.39, 0.29) is 5.56 Å². The first-order valence-corrected chi connectivity index (χ1v) is 5.76. The van der Waals surface area contributed by atoms with Gasteiger partial charge in [-0.1, -0.05) is 0 Å². The van der Waals surface area contributed by atoms with Crippen molar-refractivity contribution in [1.82, 2.24) is 10.3 Å². The highest BCUT2D eigenvalue weighted by Gasteiger charge is 2.30. The molecule has 1 aromatic rings. The number of aliphatic hydroxyl groups is 3. The zero-order valence-corrected chi connectivity index (χ0v) is 11.0. The van der Waals surface area contributed by atoms with Crippen LogP contribution >= 0.6 is 0 Å². The summed E-state index contributed by atoms with van der Waals surface area (Å²) in [6.45, 7) is -1.68. The van der Waals surface area contributed by atoms with Gasteiger partial charge in [0.25, 0.3) is 5.91 Å². The van der Waals surface area contributed by atoms with Gasteiger partial charge in [-0.15, -0.1) is 0 Å². The number of anilines is 1. The maximum absolute atomic E-state index is 11.9. The number of carbonyl (C=O) groups excluding carboxylic acids is 1. The van der Waals surface area contributed by atoms with Gasteiger partial charge in [0.2, 0.25) is 0 Å². The number of pyridine rings is 1. The molecule has 106 valence electrons. The molecule has 0 saturated heterocycles. The number of nitrogens with one attached hydrogen (secondary N) is 1. The first kappa shape index (κ1) is 15.4. The van der Waals surface area contributed by atoms with Gasteiger partial charge in [0.15, 0.2) is 0 Å². The largest absolute Gasteiger partial charge is 0.394 e. The van der Waals surface area contributed by atoms with E-state index in [0.717, 1.165) is 0 Å². The molecule has 0 saturated carbocycles. The number of aromatic nitrogens is 1. The molecule has 0 fully saturated rings. The Hall–Kier alpha value is -1.70. The number of carbonyl (C=O) groups is 1. The van der Waals surface area contributed by atoms with Crippen molar-refractivity contribution in [3.05, 3.63) is 23.9 Å². The molecule has 7 heteroatoms. The highest BCUT2D eigenvalue weighted by Crippen LogP contribution is 2.09. The molecular formula is C12H19N3O4. The second-order valence-electron chi connectivity index (χ2n) is 4.51. The lowest BCUT2D eigenvalue weighted by molar-refractivity contribution is 0.0375. The number of rotatable bonds is 6. The first-order chi connectivity index (χ1) is 8.98. The summed E-state index contributed by atoms with van der Waals surface area (Å²) in [5, 5.41) is 29.8. The Balaban J connectivity index is 2.83. The second-order valence-corrected chi connectivity index (χ2v) is 4.51. The van der Waals surface area contributed by atoms with Gasteiger partial charge in [-0.3, -0.25) is 4.79 Å². The fourth-order valence-electron chi connectivity index (χ4n) is 1.37. The Morgan fingerprint density at radius 3 is 2.21 bits per heavy atom. The van der Waals surface area contributed by atoms with E-state index >= 15 is 0 Å². The summed E-state index contributed by atoms with van der Waals surface area (Å²) >= 11 is 0. The van der Waals surface area contributed by atoms with Crippen LogP contribution in [-0.2, 0) is 0 Å². The van der Waals surface area contributed by atoms with E-state index in [9.17, 15) is 4.79 Å². The van der Waals surface area contributed by atoms with Crippen molar-refractivity contribution in [3.63, 3.8) is 0 Å². The highest BCUT2D eigenvalue weighted by atomic mass is 16.3. The third-order valence-electron chi connectivity index (χ3n) is 2.75. The maximum Gasteiger partial charge on any atom is 0.253 e. The third-order valence-corrected chi connectivity index (χ3v) is 2.75. The average molecular weight is 269 g/mol. The van der Waals surface area contributed by atoms with Crippen LogP contribution < -0.4 is 10.2 Å². The van der Waals surface area contributed by atoms with Crippen molar-refractivity contribution >= 4 is 11.7 Å². The lowest BCUT2D eigenvalue weighted by Crippen LogP contribution is -2.57. The molecule has 0 aromatic carbocycles. The molecule has 1 heterocycles. The van der Waals surface area contributed by atoms with Gasteiger partial charge in [-0.05, 0) is 12.1 Å². The van der Waals surface area contributed by atoms with Gasteiger partial charge in [0.05, 0.1) is 25.4 Å². The predicted octanol–water partition coefficient (Wildman–Crippen LogP) is -1.41. The molecule has 1 rings (SSSR count). The number of hydrogen-bond donors (Lipinski definition) is 4. The number of amides is 1. The van der Waals surface area contributed by atoms with E-state index < -0.39 is 31.3 Å². The number of nitrogens with zero attached hydrogens (tertiary/aromatic N) is 2. The van der Waals surface area contributed by atoms with E-state index in [1.165, 1.54) is 6.20 Å². The van der Waals surface area contributed by atoms with Crippen LogP contribution in [0.4, 0.5) is 5.82 Å². The average Bonchev–Trinajstić information content (AvgIpc) is 2.45. The molecule has 19 heavy (non-hydrogen) atoms. The van der Waals surface area contributed by atoms with Crippen molar-refractivity contribution in [2.45, 2.75) is 5.54 Å². The molecule has 0 aliphatic rings. The topological polar surface area (TPSA) is 106 Å². The van der Waals surface area contributed by atoms with Crippen LogP contribution in [0.1, 0.15) is 10.4 Å². The molecule has 0 bridgehead atoms. The van der Waals surface area contributed by atoms with Gasteiger partial charge in [-0.2, -0.15) is 0 Å². The van der Waals surface area contributed by atoms with Gasteiger partial charge in [0.1, 0.15) is 11.4 Å². The van der Waals surface area contributed by atoms with Crippen LogP contribution in [0, 0.1) is 0 Å². The second kappa shape index (κ2) is 6.46. The minimum Gasteiger partial charge on any atom is -0.394 e. The van der Waals surface area contributed by atoms with Crippen LogP contribution in [0.15, 0.2) is 18.3 Å². The molecule has 1 aromatic heterocycles. The summed E-state index contributed by atoms with van der Waals surface area (Å²) < 4.78 is 0. The summed E-state index contributed by atoms with van der Waals surface area (Å²) in [6.07, 6.45) is 1.39. The number of aliphatic hydroxyl groups excluding tert-OH is 3. The SMILES string of the molecule is CN(C)c1ccc(C(=O)NC(CO)(CO)CO)cn1. The minimum atomic E-state index is -1.43. The van der Waals surface area contributed by atoms with E-state index in [4.69, 9.17) is 15.3 Å². The Morgan fingerprint density at radius 2 is 1.84 bits per heavy atom. The lowest BCUT2D eigenvalue weighted by Gasteiger charge is -2.28. The van der Waals surface area contributed by atoms with Crippen molar-refractivity contribution in [3.8, 4) is 0 Å². The van der Waals surface area contributed by atoms with Crippen molar-refractivity contribution in [2.75, 3.05) is 38.8 Å². The van der Waals surface area contributed by atoms with Crippen LogP contribution in [0.25, 0.3) is 0 Å². The summed E-state index contributed by atoms with van der Waals surface area (Å²) in [5.41, 5.74) is -1.15. The highest BCUT2D eigenvalue weighted by molar-refractivity contribution is 5.94. The predicted molar refractivity (Wildman–Crippen MR) is 70.0 cm³/mol. The van der Waals surface area contributed by atoms with E-state index in [2.05, 4.69) is 10.3 Å². The summed E-state index contributed by atoms with van der Waals surface area (Å²) in [5.74, 6) is 0.184. The minimum absolute atomic E-state index is 0.283. The Bertz CT molecular complexity index is 407. The molecule has 0 unspecified atom stereocenters.